The molecule has 0 aliphatic carbocycles. The molecular weight excluding hydrogens is 408 g/mol. The molecule has 2 aromatic rings. The molecule has 0 atom stereocenters. The Morgan fingerprint density at radius 3 is 2.24 bits per heavy atom. The Hall–Kier alpha value is -2.16. The molecule has 0 unspecified atom stereocenters. The van der Waals surface area contributed by atoms with Crippen molar-refractivity contribution in [2.45, 2.75) is 44.8 Å². The van der Waals surface area contributed by atoms with Crippen molar-refractivity contribution in [3.05, 3.63) is 58.1 Å². The Morgan fingerprint density at radius 1 is 1.07 bits per heavy atom. The summed E-state index contributed by atoms with van der Waals surface area (Å²) in [6.45, 7) is 7.55. The molecule has 156 valence electrons. The van der Waals surface area contributed by atoms with Gasteiger partial charge in [-0.1, -0.05) is 6.07 Å². The van der Waals surface area contributed by atoms with Crippen molar-refractivity contribution in [3.8, 4) is 0 Å². The van der Waals surface area contributed by atoms with Crippen molar-refractivity contribution in [1.29, 1.82) is 0 Å². The summed E-state index contributed by atoms with van der Waals surface area (Å²) in [6.07, 6.45) is 0.325. The van der Waals surface area contributed by atoms with Gasteiger partial charge in [0.25, 0.3) is 0 Å². The number of hydrogen-bond donors (Lipinski definition) is 2. The minimum atomic E-state index is -3.75. The second kappa shape index (κ2) is 9.56. The van der Waals surface area contributed by atoms with Crippen LogP contribution in [0, 0.1) is 20.8 Å². The molecule has 6 nitrogen and oxygen atoms in total. The van der Waals surface area contributed by atoms with Gasteiger partial charge in [0, 0.05) is 29.2 Å². The van der Waals surface area contributed by atoms with Crippen molar-refractivity contribution in [3.63, 3.8) is 0 Å². The molecule has 0 aromatic heterocycles. The molecule has 1 amide bonds. The van der Waals surface area contributed by atoms with Gasteiger partial charge in [0.2, 0.25) is 15.9 Å². The van der Waals surface area contributed by atoms with E-state index in [1.54, 1.807) is 18.7 Å². The Balaban J connectivity index is 1.90. The molecule has 0 saturated heterocycles. The van der Waals surface area contributed by atoms with Gasteiger partial charge < -0.3 is 5.32 Å². The molecule has 2 aromatic carbocycles. The number of hydrogen-bond acceptors (Lipinski definition) is 5. The van der Waals surface area contributed by atoms with E-state index in [0.717, 1.165) is 33.6 Å². The van der Waals surface area contributed by atoms with Gasteiger partial charge in [-0.15, -0.1) is 0 Å². The van der Waals surface area contributed by atoms with Crippen LogP contribution in [0.25, 0.3) is 0 Å². The minimum absolute atomic E-state index is 0.000165. The lowest BCUT2D eigenvalue weighted by molar-refractivity contribution is -0.115. The SMILES string of the molecule is CC(=O)c1c(C)cc(C)c(CSCCC(=O)Nc2ccc(S(N)(=O)=O)cc2)c1C. The van der Waals surface area contributed by atoms with Gasteiger partial charge in [-0.25, -0.2) is 13.6 Å². The van der Waals surface area contributed by atoms with Crippen LogP contribution in [0.1, 0.15) is 46.0 Å². The first-order chi connectivity index (χ1) is 13.5. The standard InChI is InChI=1S/C21H26N2O4S2/c1-13-11-14(2)21(16(4)24)15(3)19(13)12-28-10-9-20(25)23-17-5-7-18(8-6-17)29(22,26)27/h5-8,11H,9-10,12H2,1-4H3,(H,23,25)(H2,22,26,27). The number of sulfonamides is 1. The molecule has 0 radical (unpaired) electrons. The molecule has 0 aliphatic rings. The van der Waals surface area contributed by atoms with Crippen molar-refractivity contribution in [2.24, 2.45) is 5.14 Å². The zero-order valence-corrected chi connectivity index (χ0v) is 18.7. The number of primary sulfonamides is 1. The lowest BCUT2D eigenvalue weighted by Crippen LogP contribution is -2.14. The largest absolute Gasteiger partial charge is 0.326 e. The molecule has 29 heavy (non-hydrogen) atoms. The highest BCUT2D eigenvalue weighted by molar-refractivity contribution is 7.98. The predicted molar refractivity (Wildman–Crippen MR) is 118 cm³/mol. The maximum Gasteiger partial charge on any atom is 0.238 e. The van der Waals surface area contributed by atoms with E-state index >= 15 is 0 Å². The molecular formula is C21H26N2O4S2. The quantitative estimate of drug-likeness (QED) is 0.486. The highest BCUT2D eigenvalue weighted by Crippen LogP contribution is 2.26. The van der Waals surface area contributed by atoms with Crippen LogP contribution in [0.5, 0.6) is 0 Å². The number of carbonyl (C=O) groups is 2. The zero-order chi connectivity index (χ0) is 21.8. The second-order valence-electron chi connectivity index (χ2n) is 6.97. The van der Waals surface area contributed by atoms with Crippen LogP contribution in [0.15, 0.2) is 35.2 Å². The molecule has 8 heteroatoms. The molecule has 0 saturated carbocycles. The average Bonchev–Trinajstić information content (AvgIpc) is 2.59. The van der Waals surface area contributed by atoms with Crippen LogP contribution in [0.2, 0.25) is 0 Å². The second-order valence-corrected chi connectivity index (χ2v) is 9.63. The summed E-state index contributed by atoms with van der Waals surface area (Å²) in [4.78, 5) is 24.0. The molecule has 0 bridgehead atoms. The molecule has 3 N–H and O–H groups in total. The van der Waals surface area contributed by atoms with Crippen LogP contribution in [-0.4, -0.2) is 25.9 Å². The normalized spacial score (nSPS) is 11.3. The van der Waals surface area contributed by atoms with E-state index in [1.807, 2.05) is 26.8 Å². The maximum absolute atomic E-state index is 12.1. The van der Waals surface area contributed by atoms with Gasteiger partial charge in [0.1, 0.15) is 0 Å². The van der Waals surface area contributed by atoms with Gasteiger partial charge in [0.05, 0.1) is 4.90 Å². The topological polar surface area (TPSA) is 106 Å². The first kappa shape index (κ1) is 23.1. The predicted octanol–water partition coefficient (Wildman–Crippen LogP) is 3.72. The van der Waals surface area contributed by atoms with Crippen molar-refractivity contribution in [2.75, 3.05) is 11.1 Å². The number of rotatable bonds is 8. The number of nitrogens with two attached hydrogens (primary N) is 1. The Labute approximate surface area is 176 Å². The number of anilines is 1. The molecule has 0 heterocycles. The minimum Gasteiger partial charge on any atom is -0.326 e. The maximum atomic E-state index is 12.1. The number of nitrogens with one attached hydrogen (secondary N) is 1. The van der Waals surface area contributed by atoms with Crippen LogP contribution in [0.3, 0.4) is 0 Å². The summed E-state index contributed by atoms with van der Waals surface area (Å²) in [5, 5.41) is 7.80. The van der Waals surface area contributed by atoms with Crippen molar-refractivity contribution in [1.82, 2.24) is 0 Å². The number of benzene rings is 2. The van der Waals surface area contributed by atoms with Crippen LogP contribution >= 0.6 is 11.8 Å². The zero-order valence-electron chi connectivity index (χ0n) is 17.0. The lowest BCUT2D eigenvalue weighted by atomic mass is 9.92. The van der Waals surface area contributed by atoms with E-state index in [1.165, 1.54) is 24.3 Å². The Kier molecular flexibility index (Phi) is 7.62. The number of carbonyl (C=O) groups excluding carboxylic acids is 2. The van der Waals surface area contributed by atoms with Crippen LogP contribution in [-0.2, 0) is 20.6 Å². The first-order valence-corrected chi connectivity index (χ1v) is 11.8. The summed E-state index contributed by atoms with van der Waals surface area (Å²) in [5.41, 5.74) is 5.60. The fourth-order valence-electron chi connectivity index (χ4n) is 3.28. The molecule has 0 aliphatic heterocycles. The Morgan fingerprint density at radius 2 is 1.69 bits per heavy atom. The molecule has 0 spiro atoms. The third-order valence-corrected chi connectivity index (χ3v) is 6.58. The van der Waals surface area contributed by atoms with E-state index < -0.39 is 10.0 Å². The summed E-state index contributed by atoms with van der Waals surface area (Å²) in [7, 11) is -3.75. The van der Waals surface area contributed by atoms with Crippen LogP contribution < -0.4 is 10.5 Å². The summed E-state index contributed by atoms with van der Waals surface area (Å²) in [6, 6.07) is 7.77. The Bertz CT molecular complexity index is 1030. The molecule has 2 rings (SSSR count). The van der Waals surface area contributed by atoms with E-state index in [4.69, 9.17) is 5.14 Å². The van der Waals surface area contributed by atoms with E-state index in [-0.39, 0.29) is 16.6 Å². The van der Waals surface area contributed by atoms with Gasteiger partial charge in [-0.05, 0) is 74.2 Å². The third-order valence-electron chi connectivity index (χ3n) is 4.67. The number of aryl methyl sites for hydroxylation is 2. The fraction of sp³-hybridized carbons (Fsp3) is 0.333. The van der Waals surface area contributed by atoms with Crippen LogP contribution in [0.4, 0.5) is 5.69 Å². The van der Waals surface area contributed by atoms with Gasteiger partial charge >= 0.3 is 0 Å². The number of ketones is 1. The summed E-state index contributed by atoms with van der Waals surface area (Å²) >= 11 is 1.64. The van der Waals surface area contributed by atoms with Crippen molar-refractivity contribution >= 4 is 39.2 Å². The first-order valence-electron chi connectivity index (χ1n) is 9.11. The van der Waals surface area contributed by atoms with Gasteiger partial charge in [-0.3, -0.25) is 9.59 Å². The number of thioether (sulfide) groups is 1. The summed E-state index contributed by atoms with van der Waals surface area (Å²) in [5.74, 6) is 1.28. The van der Waals surface area contributed by atoms with E-state index in [2.05, 4.69) is 5.32 Å². The van der Waals surface area contributed by atoms with Gasteiger partial charge in [0.15, 0.2) is 5.78 Å². The highest BCUT2D eigenvalue weighted by Gasteiger charge is 2.14. The third kappa shape index (κ3) is 6.16. The summed E-state index contributed by atoms with van der Waals surface area (Å²) < 4.78 is 22.5. The average molecular weight is 435 g/mol. The van der Waals surface area contributed by atoms with E-state index in [9.17, 15) is 18.0 Å². The monoisotopic (exact) mass is 434 g/mol. The number of amides is 1. The highest BCUT2D eigenvalue weighted by atomic mass is 32.2. The smallest absolute Gasteiger partial charge is 0.238 e. The van der Waals surface area contributed by atoms with Crippen molar-refractivity contribution < 1.29 is 18.0 Å². The van der Waals surface area contributed by atoms with E-state index in [0.29, 0.717) is 17.9 Å². The number of Topliss-reactive ketones (excluding diaryl/α,β-unsaturated/α-hetero) is 1. The van der Waals surface area contributed by atoms with Gasteiger partial charge in [-0.2, -0.15) is 11.8 Å². The lowest BCUT2D eigenvalue weighted by Gasteiger charge is -2.15. The molecule has 0 fully saturated rings. The fourth-order valence-corrected chi connectivity index (χ4v) is 4.92.